The Bertz CT molecular complexity index is 1070. The molecule has 142 valence electrons. The molecular weight excluding hydrogens is 410 g/mol. The number of thiazole rings is 1. The second-order valence-electron chi connectivity index (χ2n) is 6.94. The first kappa shape index (κ1) is 17.9. The summed E-state index contributed by atoms with van der Waals surface area (Å²) >= 11 is 9.51. The van der Waals surface area contributed by atoms with Crippen LogP contribution < -0.4 is 10.2 Å². The maximum Gasteiger partial charge on any atom is 0.256 e. The molecule has 7 heteroatoms. The highest BCUT2D eigenvalue weighted by Gasteiger charge is 2.26. The fourth-order valence-electron chi connectivity index (χ4n) is 3.66. The lowest BCUT2D eigenvalue weighted by atomic mass is 10.1. The number of nitrogens with zero attached hydrogens (tertiary/aromatic N) is 2. The molecule has 0 radical (unpaired) electrons. The molecule has 4 nitrogen and oxygen atoms in total. The number of fused-ring (bicyclic) bond motifs is 1. The van der Waals surface area contributed by atoms with Crippen molar-refractivity contribution >= 4 is 62.6 Å². The molecular formula is C21H18ClN3OS2. The summed E-state index contributed by atoms with van der Waals surface area (Å²) in [4.78, 5) is 22.1. The van der Waals surface area contributed by atoms with E-state index in [1.165, 1.54) is 19.3 Å². The van der Waals surface area contributed by atoms with Crippen molar-refractivity contribution in [1.82, 2.24) is 4.98 Å². The maximum absolute atomic E-state index is 12.6. The van der Waals surface area contributed by atoms with Crippen LogP contribution in [0.4, 0.5) is 10.8 Å². The van der Waals surface area contributed by atoms with Crippen molar-refractivity contribution in [2.24, 2.45) is 0 Å². The second-order valence-corrected chi connectivity index (χ2v) is 9.33. The Hall–Kier alpha value is -2.15. The first-order valence-corrected chi connectivity index (χ1v) is 11.4. The van der Waals surface area contributed by atoms with Crippen molar-refractivity contribution in [1.29, 1.82) is 0 Å². The largest absolute Gasteiger partial charge is 0.348 e. The van der Waals surface area contributed by atoms with E-state index in [-0.39, 0.29) is 5.91 Å². The van der Waals surface area contributed by atoms with Gasteiger partial charge in [-0.1, -0.05) is 29.0 Å². The third-order valence-electron chi connectivity index (χ3n) is 5.06. The minimum absolute atomic E-state index is 0.0951. The molecule has 4 heterocycles. The van der Waals surface area contributed by atoms with Gasteiger partial charge in [0.1, 0.15) is 5.69 Å². The van der Waals surface area contributed by atoms with Gasteiger partial charge in [-0.3, -0.25) is 4.79 Å². The maximum atomic E-state index is 12.6. The molecule has 0 bridgehead atoms. The molecule has 0 saturated carbocycles. The summed E-state index contributed by atoms with van der Waals surface area (Å²) < 4.78 is 0. The molecule has 3 aromatic rings. The van der Waals surface area contributed by atoms with Gasteiger partial charge in [-0.2, -0.15) is 0 Å². The highest BCUT2D eigenvalue weighted by atomic mass is 35.5. The minimum Gasteiger partial charge on any atom is -0.348 e. The van der Waals surface area contributed by atoms with E-state index in [4.69, 9.17) is 16.6 Å². The lowest BCUT2D eigenvalue weighted by Crippen LogP contribution is -2.29. The molecule has 5 rings (SSSR count). The molecule has 2 aromatic heterocycles. The van der Waals surface area contributed by atoms with Crippen LogP contribution in [0.2, 0.25) is 5.02 Å². The SMILES string of the molecule is O=C1Nc2ccc(Cl)cc2/C1=C\c1sc(N2CCCCC2)nc1-c1cccs1. The first-order valence-electron chi connectivity index (χ1n) is 9.32. The number of rotatable bonds is 3. The van der Waals surface area contributed by atoms with Gasteiger partial charge in [0.2, 0.25) is 0 Å². The van der Waals surface area contributed by atoms with Crippen molar-refractivity contribution in [3.05, 3.63) is 51.2 Å². The van der Waals surface area contributed by atoms with Crippen molar-refractivity contribution in [3.8, 4) is 10.6 Å². The van der Waals surface area contributed by atoms with Gasteiger partial charge in [0.15, 0.2) is 5.13 Å². The molecule has 0 atom stereocenters. The number of nitrogens with one attached hydrogen (secondary N) is 1. The van der Waals surface area contributed by atoms with E-state index < -0.39 is 0 Å². The van der Waals surface area contributed by atoms with Crippen LogP contribution in [0.25, 0.3) is 22.2 Å². The molecule has 0 spiro atoms. The van der Waals surface area contributed by atoms with Crippen LogP contribution in [0.15, 0.2) is 35.7 Å². The summed E-state index contributed by atoms with van der Waals surface area (Å²) in [7, 11) is 0. The van der Waals surface area contributed by atoms with Crippen molar-refractivity contribution in [2.45, 2.75) is 19.3 Å². The summed E-state index contributed by atoms with van der Waals surface area (Å²) in [6.45, 7) is 2.10. The average molecular weight is 428 g/mol. The number of carbonyl (C=O) groups excluding carboxylic acids is 1. The molecule has 1 fully saturated rings. The first-order chi connectivity index (χ1) is 13.7. The normalized spacial score (nSPS) is 17.8. The van der Waals surface area contributed by atoms with E-state index in [1.807, 2.05) is 24.3 Å². The molecule has 28 heavy (non-hydrogen) atoms. The molecule has 1 N–H and O–H groups in total. The van der Waals surface area contributed by atoms with Gasteiger partial charge < -0.3 is 10.2 Å². The molecule has 0 unspecified atom stereocenters. The molecule has 0 aliphatic carbocycles. The van der Waals surface area contributed by atoms with Crippen LogP contribution in [0.5, 0.6) is 0 Å². The standard InChI is InChI=1S/C21H18ClN3OS2/c22-13-6-7-16-14(11-13)15(20(26)23-16)12-18-19(17-5-4-10-27-17)24-21(28-18)25-8-2-1-3-9-25/h4-7,10-12H,1-3,8-9H2,(H,23,26)/b15-12+. The second kappa shape index (κ2) is 7.35. The Labute approximate surface area is 176 Å². The summed E-state index contributed by atoms with van der Waals surface area (Å²) in [6.07, 6.45) is 5.67. The molecule has 1 aromatic carbocycles. The van der Waals surface area contributed by atoms with Crippen molar-refractivity contribution in [3.63, 3.8) is 0 Å². The molecule has 2 aliphatic rings. The summed E-state index contributed by atoms with van der Waals surface area (Å²) in [5, 5.41) is 6.65. The quantitative estimate of drug-likeness (QED) is 0.520. The number of hydrogen-bond acceptors (Lipinski definition) is 5. The third-order valence-corrected chi connectivity index (χ3v) is 7.24. The van der Waals surface area contributed by atoms with Crippen LogP contribution in [0, 0.1) is 0 Å². The third kappa shape index (κ3) is 3.26. The zero-order valence-corrected chi connectivity index (χ0v) is 17.5. The zero-order valence-electron chi connectivity index (χ0n) is 15.1. The number of thiophene rings is 1. The van der Waals surface area contributed by atoms with E-state index in [0.29, 0.717) is 10.6 Å². The van der Waals surface area contributed by atoms with Crippen LogP contribution in [-0.2, 0) is 4.79 Å². The number of anilines is 2. The number of aromatic nitrogens is 1. The van der Waals surface area contributed by atoms with E-state index >= 15 is 0 Å². The van der Waals surface area contributed by atoms with Gasteiger partial charge >= 0.3 is 0 Å². The summed E-state index contributed by atoms with van der Waals surface area (Å²) in [5.41, 5.74) is 3.25. The zero-order chi connectivity index (χ0) is 19.1. The van der Waals surface area contributed by atoms with Crippen molar-refractivity contribution < 1.29 is 4.79 Å². The van der Waals surface area contributed by atoms with Gasteiger partial charge in [-0.05, 0) is 55.0 Å². The predicted molar refractivity (Wildman–Crippen MR) is 119 cm³/mol. The fraction of sp³-hybridized carbons (Fsp3) is 0.238. The number of carbonyl (C=O) groups is 1. The highest BCUT2D eigenvalue weighted by molar-refractivity contribution is 7.18. The number of hydrogen-bond donors (Lipinski definition) is 1. The highest BCUT2D eigenvalue weighted by Crippen LogP contribution is 2.41. The van der Waals surface area contributed by atoms with E-state index in [2.05, 4.69) is 21.7 Å². The predicted octanol–water partition coefficient (Wildman–Crippen LogP) is 6.01. The van der Waals surface area contributed by atoms with Gasteiger partial charge in [0, 0.05) is 29.4 Å². The van der Waals surface area contributed by atoms with Gasteiger partial charge in [0.25, 0.3) is 5.91 Å². The molecule has 1 saturated heterocycles. The van der Waals surface area contributed by atoms with Crippen LogP contribution >= 0.6 is 34.3 Å². The van der Waals surface area contributed by atoms with Crippen LogP contribution in [-0.4, -0.2) is 24.0 Å². The van der Waals surface area contributed by atoms with Crippen LogP contribution in [0.3, 0.4) is 0 Å². The number of benzene rings is 1. The number of halogens is 1. The lowest BCUT2D eigenvalue weighted by molar-refractivity contribution is -0.110. The van der Waals surface area contributed by atoms with Gasteiger partial charge in [-0.15, -0.1) is 11.3 Å². The lowest BCUT2D eigenvalue weighted by Gasteiger charge is -2.25. The van der Waals surface area contributed by atoms with Crippen molar-refractivity contribution in [2.75, 3.05) is 23.3 Å². The minimum atomic E-state index is -0.0951. The average Bonchev–Trinajstić information content (AvgIpc) is 3.43. The Balaban J connectivity index is 1.61. The van der Waals surface area contributed by atoms with E-state index in [0.717, 1.165) is 44.9 Å². The fourth-order valence-corrected chi connectivity index (χ4v) is 5.70. The van der Waals surface area contributed by atoms with E-state index in [9.17, 15) is 4.79 Å². The van der Waals surface area contributed by atoms with Crippen LogP contribution in [0.1, 0.15) is 29.7 Å². The monoisotopic (exact) mass is 427 g/mol. The smallest absolute Gasteiger partial charge is 0.256 e. The van der Waals surface area contributed by atoms with Gasteiger partial charge in [-0.25, -0.2) is 4.98 Å². The Morgan fingerprint density at radius 1 is 1.18 bits per heavy atom. The Kier molecular flexibility index (Phi) is 4.70. The number of piperidine rings is 1. The number of amides is 1. The van der Waals surface area contributed by atoms with Gasteiger partial charge in [0.05, 0.1) is 15.3 Å². The summed E-state index contributed by atoms with van der Waals surface area (Å²) in [6, 6.07) is 9.61. The Morgan fingerprint density at radius 3 is 2.82 bits per heavy atom. The Morgan fingerprint density at radius 2 is 2.04 bits per heavy atom. The summed E-state index contributed by atoms with van der Waals surface area (Å²) in [5.74, 6) is -0.0951. The molecule has 2 aliphatic heterocycles. The molecule has 1 amide bonds. The van der Waals surface area contributed by atoms with E-state index in [1.54, 1.807) is 28.7 Å². The topological polar surface area (TPSA) is 45.2 Å².